The van der Waals surface area contributed by atoms with Crippen LogP contribution in [0.3, 0.4) is 0 Å². The van der Waals surface area contributed by atoms with E-state index in [9.17, 15) is 13.2 Å². The van der Waals surface area contributed by atoms with Gasteiger partial charge in [-0.15, -0.1) is 0 Å². The summed E-state index contributed by atoms with van der Waals surface area (Å²) < 4.78 is 32.0. The number of carbonyl (C=O) groups is 1. The molecule has 1 saturated heterocycles. The number of amides is 1. The number of nitrogens with one attached hydrogen (secondary N) is 1. The van der Waals surface area contributed by atoms with Gasteiger partial charge in [0.1, 0.15) is 5.76 Å². The molecule has 28 heavy (non-hydrogen) atoms. The van der Waals surface area contributed by atoms with Crippen molar-refractivity contribution in [3.05, 3.63) is 59.5 Å². The second-order valence-corrected chi connectivity index (χ2v) is 9.06. The van der Waals surface area contributed by atoms with Gasteiger partial charge < -0.3 is 14.6 Å². The third-order valence-electron chi connectivity index (χ3n) is 4.89. The molecule has 8 heteroatoms. The lowest BCUT2D eigenvalue weighted by atomic mass is 10.1. The number of rotatable bonds is 8. The third-order valence-corrected chi connectivity index (χ3v) is 6.74. The van der Waals surface area contributed by atoms with E-state index < -0.39 is 10.0 Å². The van der Waals surface area contributed by atoms with Crippen LogP contribution in [0.5, 0.6) is 0 Å². The summed E-state index contributed by atoms with van der Waals surface area (Å²) in [5, 5.41) is 2.87. The molecule has 0 spiro atoms. The Morgan fingerprint density at radius 1 is 1.11 bits per heavy atom. The van der Waals surface area contributed by atoms with Crippen LogP contribution in [-0.2, 0) is 22.2 Å². The van der Waals surface area contributed by atoms with Crippen molar-refractivity contribution in [2.45, 2.75) is 18.6 Å². The van der Waals surface area contributed by atoms with E-state index in [-0.39, 0.29) is 11.7 Å². The standard InChI is InChI=1S/C20H27N3O4S/c1-22-11-13-23(14-12-22)28(25,26)16-17-6-8-18(9-7-17)20(24)21-10-2-4-19-5-3-15-27-19/h3,5-9,15H,2,4,10-14,16H2,1H3,(H,21,24). The first-order chi connectivity index (χ1) is 13.4. The fraction of sp³-hybridized carbons (Fsp3) is 0.450. The molecule has 2 heterocycles. The molecular formula is C20H27N3O4S. The summed E-state index contributed by atoms with van der Waals surface area (Å²) in [7, 11) is -1.34. The Kier molecular flexibility index (Phi) is 6.88. The largest absolute Gasteiger partial charge is 0.469 e. The van der Waals surface area contributed by atoms with Crippen molar-refractivity contribution >= 4 is 15.9 Å². The summed E-state index contributed by atoms with van der Waals surface area (Å²) in [6.07, 6.45) is 3.20. The van der Waals surface area contributed by atoms with Gasteiger partial charge in [-0.3, -0.25) is 4.79 Å². The minimum Gasteiger partial charge on any atom is -0.469 e. The highest BCUT2D eigenvalue weighted by molar-refractivity contribution is 7.88. The monoisotopic (exact) mass is 405 g/mol. The van der Waals surface area contributed by atoms with Crippen molar-refractivity contribution < 1.29 is 17.6 Å². The lowest BCUT2D eigenvalue weighted by Gasteiger charge is -2.31. The second kappa shape index (κ2) is 9.36. The maximum Gasteiger partial charge on any atom is 0.251 e. The third kappa shape index (κ3) is 5.67. The molecule has 152 valence electrons. The van der Waals surface area contributed by atoms with Gasteiger partial charge >= 0.3 is 0 Å². The topological polar surface area (TPSA) is 82.9 Å². The predicted octanol–water partition coefficient (Wildman–Crippen LogP) is 1.72. The number of aryl methyl sites for hydroxylation is 1. The molecule has 2 aromatic rings. The normalized spacial score (nSPS) is 16.2. The van der Waals surface area contributed by atoms with Gasteiger partial charge in [0, 0.05) is 44.7 Å². The molecule has 1 aromatic heterocycles. The van der Waals surface area contributed by atoms with Crippen molar-refractivity contribution in [3.63, 3.8) is 0 Å². The van der Waals surface area contributed by atoms with Gasteiger partial charge in [-0.2, -0.15) is 4.31 Å². The molecule has 1 fully saturated rings. The molecule has 1 N–H and O–H groups in total. The van der Waals surface area contributed by atoms with E-state index in [1.807, 2.05) is 19.2 Å². The zero-order valence-corrected chi connectivity index (χ0v) is 17.0. The summed E-state index contributed by atoms with van der Waals surface area (Å²) in [5.41, 5.74) is 1.21. The summed E-state index contributed by atoms with van der Waals surface area (Å²) in [6, 6.07) is 10.5. The van der Waals surface area contributed by atoms with Gasteiger partial charge in [-0.05, 0) is 43.3 Å². The molecule has 0 saturated carbocycles. The van der Waals surface area contributed by atoms with Gasteiger partial charge in [0.2, 0.25) is 10.0 Å². The average molecular weight is 406 g/mol. The smallest absolute Gasteiger partial charge is 0.251 e. The van der Waals surface area contributed by atoms with Crippen LogP contribution in [0.15, 0.2) is 47.1 Å². The number of carbonyl (C=O) groups excluding carboxylic acids is 1. The van der Waals surface area contributed by atoms with E-state index in [0.717, 1.165) is 31.7 Å². The van der Waals surface area contributed by atoms with E-state index in [1.165, 1.54) is 0 Å². The molecule has 0 atom stereocenters. The van der Waals surface area contributed by atoms with Crippen molar-refractivity contribution in [2.24, 2.45) is 0 Å². The molecule has 0 radical (unpaired) electrons. The van der Waals surface area contributed by atoms with E-state index in [0.29, 0.717) is 30.8 Å². The Labute approximate surface area is 166 Å². The van der Waals surface area contributed by atoms with Crippen LogP contribution >= 0.6 is 0 Å². The first-order valence-electron chi connectivity index (χ1n) is 9.50. The SMILES string of the molecule is CN1CCN(S(=O)(=O)Cc2ccc(C(=O)NCCCc3ccco3)cc2)CC1. The molecule has 0 aliphatic carbocycles. The maximum absolute atomic E-state index is 12.6. The van der Waals surface area contributed by atoms with Crippen LogP contribution in [0.2, 0.25) is 0 Å². The zero-order valence-electron chi connectivity index (χ0n) is 16.1. The first-order valence-corrected chi connectivity index (χ1v) is 11.1. The van der Waals surface area contributed by atoms with E-state index in [4.69, 9.17) is 4.42 Å². The summed E-state index contributed by atoms with van der Waals surface area (Å²) in [5.74, 6) is 0.704. The van der Waals surface area contributed by atoms with E-state index in [1.54, 1.807) is 34.8 Å². The molecule has 7 nitrogen and oxygen atoms in total. The average Bonchev–Trinajstić information content (AvgIpc) is 3.19. The number of likely N-dealkylation sites (N-methyl/N-ethyl adjacent to an activating group) is 1. The van der Waals surface area contributed by atoms with Crippen molar-refractivity contribution in [1.82, 2.24) is 14.5 Å². The van der Waals surface area contributed by atoms with Gasteiger partial charge in [0.25, 0.3) is 5.91 Å². The van der Waals surface area contributed by atoms with Crippen LogP contribution in [0, 0.1) is 0 Å². The van der Waals surface area contributed by atoms with Crippen molar-refractivity contribution in [3.8, 4) is 0 Å². The molecule has 1 aliphatic heterocycles. The Morgan fingerprint density at radius 3 is 2.46 bits per heavy atom. The molecular weight excluding hydrogens is 378 g/mol. The molecule has 0 unspecified atom stereocenters. The number of hydrogen-bond acceptors (Lipinski definition) is 5. The van der Waals surface area contributed by atoms with Crippen LogP contribution < -0.4 is 5.32 Å². The predicted molar refractivity (Wildman–Crippen MR) is 107 cm³/mol. The lowest BCUT2D eigenvalue weighted by molar-refractivity contribution is 0.0953. The van der Waals surface area contributed by atoms with E-state index >= 15 is 0 Å². The van der Waals surface area contributed by atoms with Gasteiger partial charge in [-0.25, -0.2) is 8.42 Å². The summed E-state index contributed by atoms with van der Waals surface area (Å²) in [6.45, 7) is 3.10. The maximum atomic E-state index is 12.6. The van der Waals surface area contributed by atoms with Crippen LogP contribution in [0.4, 0.5) is 0 Å². The van der Waals surface area contributed by atoms with Crippen molar-refractivity contribution in [1.29, 1.82) is 0 Å². The number of piperazine rings is 1. The lowest BCUT2D eigenvalue weighted by Crippen LogP contribution is -2.47. The molecule has 1 aromatic carbocycles. The minimum atomic E-state index is -3.33. The Hall–Kier alpha value is -2.16. The van der Waals surface area contributed by atoms with Crippen molar-refractivity contribution in [2.75, 3.05) is 39.8 Å². The van der Waals surface area contributed by atoms with Crippen LogP contribution in [-0.4, -0.2) is 63.3 Å². The quantitative estimate of drug-likeness (QED) is 0.676. The number of sulfonamides is 1. The minimum absolute atomic E-state index is 0.0399. The van der Waals surface area contributed by atoms with Gasteiger partial charge in [0.05, 0.1) is 12.0 Å². The van der Waals surface area contributed by atoms with Gasteiger partial charge in [0.15, 0.2) is 0 Å². The fourth-order valence-electron chi connectivity index (χ4n) is 3.14. The highest BCUT2D eigenvalue weighted by atomic mass is 32.2. The summed E-state index contributed by atoms with van der Waals surface area (Å²) in [4.78, 5) is 14.3. The molecule has 3 rings (SSSR count). The van der Waals surface area contributed by atoms with Crippen LogP contribution in [0.1, 0.15) is 28.1 Å². The molecule has 1 amide bonds. The zero-order chi connectivity index (χ0) is 20.0. The highest BCUT2D eigenvalue weighted by Crippen LogP contribution is 2.14. The second-order valence-electron chi connectivity index (χ2n) is 7.09. The molecule has 0 bridgehead atoms. The van der Waals surface area contributed by atoms with E-state index in [2.05, 4.69) is 10.2 Å². The number of hydrogen-bond donors (Lipinski definition) is 1. The Balaban J connectivity index is 1.47. The fourth-order valence-corrected chi connectivity index (χ4v) is 4.66. The van der Waals surface area contributed by atoms with Gasteiger partial charge in [-0.1, -0.05) is 12.1 Å². The Morgan fingerprint density at radius 2 is 1.82 bits per heavy atom. The number of furan rings is 1. The molecule has 1 aliphatic rings. The highest BCUT2D eigenvalue weighted by Gasteiger charge is 2.25. The summed E-state index contributed by atoms with van der Waals surface area (Å²) >= 11 is 0. The first kappa shape index (κ1) is 20.6. The number of benzene rings is 1. The van der Waals surface area contributed by atoms with Crippen LogP contribution in [0.25, 0.3) is 0 Å². The Bertz CT molecular complexity index is 855. The number of nitrogens with zero attached hydrogens (tertiary/aromatic N) is 2.